The second-order valence-corrected chi connectivity index (χ2v) is 8.80. The van der Waals surface area contributed by atoms with Gasteiger partial charge in [0.25, 0.3) is 0 Å². The highest BCUT2D eigenvalue weighted by Crippen LogP contribution is 2.26. The number of nitrogens with one attached hydrogen (secondary N) is 1. The first kappa shape index (κ1) is 19.1. The van der Waals surface area contributed by atoms with E-state index in [9.17, 15) is 8.42 Å². The molecular weight excluding hydrogens is 382 g/mol. The SMILES string of the molecule is Cc1cc(CCNc2cccc3cc(S(=O)(=O)c4ccccc4)cnc23)ccn1. The molecule has 6 heteroatoms. The zero-order valence-electron chi connectivity index (χ0n) is 16.0. The standard InChI is InChI=1S/C23H21N3O2S/c1-17-14-18(10-12-24-17)11-13-25-22-9-5-6-19-15-21(16-26-23(19)22)29(27,28)20-7-3-2-4-8-20/h2-10,12,14-16,25H,11,13H2,1H3. The molecule has 0 amide bonds. The van der Waals surface area contributed by atoms with E-state index in [0.29, 0.717) is 0 Å². The highest BCUT2D eigenvalue weighted by molar-refractivity contribution is 7.91. The van der Waals surface area contributed by atoms with Gasteiger partial charge in [0.2, 0.25) is 9.84 Å². The molecule has 0 aliphatic rings. The maximum absolute atomic E-state index is 12.9. The van der Waals surface area contributed by atoms with Gasteiger partial charge in [0, 0.05) is 30.0 Å². The minimum atomic E-state index is -3.59. The number of hydrogen-bond donors (Lipinski definition) is 1. The Balaban J connectivity index is 1.58. The summed E-state index contributed by atoms with van der Waals surface area (Å²) in [6.45, 7) is 2.72. The Kier molecular flexibility index (Phi) is 5.27. The van der Waals surface area contributed by atoms with Gasteiger partial charge in [-0.15, -0.1) is 0 Å². The number of nitrogens with zero attached hydrogens (tertiary/aromatic N) is 2. The van der Waals surface area contributed by atoms with E-state index >= 15 is 0 Å². The predicted octanol–water partition coefficient (Wildman–Crippen LogP) is 4.43. The van der Waals surface area contributed by atoms with Crippen LogP contribution in [0.4, 0.5) is 5.69 Å². The Morgan fingerprint density at radius 3 is 2.52 bits per heavy atom. The fourth-order valence-electron chi connectivity index (χ4n) is 3.27. The molecule has 146 valence electrons. The quantitative estimate of drug-likeness (QED) is 0.516. The Morgan fingerprint density at radius 2 is 1.72 bits per heavy atom. The van der Waals surface area contributed by atoms with Gasteiger partial charge in [0.1, 0.15) is 0 Å². The summed E-state index contributed by atoms with van der Waals surface area (Å²) in [7, 11) is -3.59. The molecule has 4 aromatic rings. The van der Waals surface area contributed by atoms with Crippen molar-refractivity contribution in [2.45, 2.75) is 23.1 Å². The third-order valence-electron chi connectivity index (χ3n) is 4.74. The molecule has 0 saturated heterocycles. The molecule has 0 aliphatic heterocycles. The lowest BCUT2D eigenvalue weighted by atomic mass is 10.1. The Bertz CT molecular complexity index is 1260. The molecule has 2 aromatic heterocycles. The first-order valence-corrected chi connectivity index (χ1v) is 10.9. The molecule has 0 fully saturated rings. The van der Waals surface area contributed by atoms with E-state index in [0.717, 1.165) is 35.2 Å². The van der Waals surface area contributed by atoms with E-state index in [1.54, 1.807) is 36.4 Å². The number of hydrogen-bond acceptors (Lipinski definition) is 5. The number of pyridine rings is 2. The minimum Gasteiger partial charge on any atom is -0.383 e. The fraction of sp³-hybridized carbons (Fsp3) is 0.130. The van der Waals surface area contributed by atoms with Crippen molar-refractivity contribution in [2.75, 3.05) is 11.9 Å². The van der Waals surface area contributed by atoms with Crippen LogP contribution >= 0.6 is 0 Å². The van der Waals surface area contributed by atoms with Crippen LogP contribution in [0.15, 0.2) is 88.9 Å². The molecule has 5 nitrogen and oxygen atoms in total. The molecule has 2 heterocycles. The first-order valence-electron chi connectivity index (χ1n) is 9.38. The summed E-state index contributed by atoms with van der Waals surface area (Å²) in [5, 5.41) is 4.20. The zero-order valence-corrected chi connectivity index (χ0v) is 16.9. The van der Waals surface area contributed by atoms with E-state index < -0.39 is 9.84 Å². The average Bonchev–Trinajstić information content (AvgIpc) is 2.74. The molecule has 0 aliphatic carbocycles. The van der Waals surface area contributed by atoms with Crippen molar-refractivity contribution in [3.8, 4) is 0 Å². The average molecular weight is 404 g/mol. The summed E-state index contributed by atoms with van der Waals surface area (Å²) in [4.78, 5) is 9.14. The molecule has 0 saturated carbocycles. The summed E-state index contributed by atoms with van der Waals surface area (Å²) in [6.07, 6.45) is 4.11. The maximum Gasteiger partial charge on any atom is 0.208 e. The molecular formula is C23H21N3O2S. The van der Waals surface area contributed by atoms with Gasteiger partial charge in [-0.1, -0.05) is 30.3 Å². The molecule has 2 aromatic carbocycles. The van der Waals surface area contributed by atoms with Crippen molar-refractivity contribution in [1.29, 1.82) is 0 Å². The van der Waals surface area contributed by atoms with Crippen molar-refractivity contribution in [1.82, 2.24) is 9.97 Å². The van der Waals surface area contributed by atoms with Gasteiger partial charge in [-0.3, -0.25) is 9.97 Å². The highest BCUT2D eigenvalue weighted by atomic mass is 32.2. The third-order valence-corrected chi connectivity index (χ3v) is 6.48. The van der Waals surface area contributed by atoms with Crippen LogP contribution < -0.4 is 5.32 Å². The van der Waals surface area contributed by atoms with Gasteiger partial charge >= 0.3 is 0 Å². The predicted molar refractivity (Wildman–Crippen MR) is 115 cm³/mol. The molecule has 0 bridgehead atoms. The lowest BCUT2D eigenvalue weighted by molar-refractivity contribution is 0.596. The fourth-order valence-corrected chi connectivity index (χ4v) is 4.53. The van der Waals surface area contributed by atoms with Crippen LogP contribution in [-0.4, -0.2) is 24.9 Å². The molecule has 0 radical (unpaired) electrons. The van der Waals surface area contributed by atoms with E-state index in [1.807, 2.05) is 37.4 Å². The summed E-state index contributed by atoms with van der Waals surface area (Å²) < 4.78 is 25.7. The van der Waals surface area contributed by atoms with Crippen molar-refractivity contribution in [3.05, 3.63) is 90.4 Å². The van der Waals surface area contributed by atoms with Crippen LogP contribution in [0.1, 0.15) is 11.3 Å². The molecule has 0 spiro atoms. The van der Waals surface area contributed by atoms with Crippen LogP contribution in [0.3, 0.4) is 0 Å². The highest BCUT2D eigenvalue weighted by Gasteiger charge is 2.18. The number of sulfone groups is 1. The lowest BCUT2D eigenvalue weighted by Gasteiger charge is -2.11. The normalized spacial score (nSPS) is 11.5. The van der Waals surface area contributed by atoms with Gasteiger partial charge in [-0.25, -0.2) is 8.42 Å². The third kappa shape index (κ3) is 4.12. The minimum absolute atomic E-state index is 0.195. The summed E-state index contributed by atoms with van der Waals surface area (Å²) in [6, 6.07) is 19.9. The summed E-state index contributed by atoms with van der Waals surface area (Å²) in [5.41, 5.74) is 3.86. The Morgan fingerprint density at radius 1 is 0.897 bits per heavy atom. The van der Waals surface area contributed by atoms with Crippen molar-refractivity contribution in [2.24, 2.45) is 0 Å². The van der Waals surface area contributed by atoms with Crippen molar-refractivity contribution < 1.29 is 8.42 Å². The lowest BCUT2D eigenvalue weighted by Crippen LogP contribution is -2.07. The largest absolute Gasteiger partial charge is 0.383 e. The zero-order chi connectivity index (χ0) is 20.3. The monoisotopic (exact) mass is 403 g/mol. The number of benzene rings is 2. The van der Waals surface area contributed by atoms with E-state index in [1.165, 1.54) is 11.8 Å². The molecule has 29 heavy (non-hydrogen) atoms. The van der Waals surface area contributed by atoms with E-state index in [4.69, 9.17) is 0 Å². The van der Waals surface area contributed by atoms with Gasteiger partial charge < -0.3 is 5.32 Å². The van der Waals surface area contributed by atoms with Crippen LogP contribution in [-0.2, 0) is 16.3 Å². The Labute approximate surface area is 170 Å². The van der Waals surface area contributed by atoms with Gasteiger partial charge in [0.15, 0.2) is 0 Å². The molecule has 0 atom stereocenters. The molecule has 0 unspecified atom stereocenters. The molecule has 1 N–H and O–H groups in total. The number of anilines is 1. The smallest absolute Gasteiger partial charge is 0.208 e. The second-order valence-electron chi connectivity index (χ2n) is 6.85. The Hall–Kier alpha value is -3.25. The number of fused-ring (bicyclic) bond motifs is 1. The van der Waals surface area contributed by atoms with Gasteiger partial charge in [-0.2, -0.15) is 0 Å². The second kappa shape index (κ2) is 8.01. The van der Waals surface area contributed by atoms with E-state index in [-0.39, 0.29) is 9.79 Å². The summed E-state index contributed by atoms with van der Waals surface area (Å²) >= 11 is 0. The van der Waals surface area contributed by atoms with Crippen LogP contribution in [0, 0.1) is 6.92 Å². The van der Waals surface area contributed by atoms with Gasteiger partial charge in [-0.05, 0) is 55.3 Å². The topological polar surface area (TPSA) is 72.0 Å². The number of para-hydroxylation sites is 1. The van der Waals surface area contributed by atoms with Crippen LogP contribution in [0.5, 0.6) is 0 Å². The number of rotatable bonds is 6. The van der Waals surface area contributed by atoms with E-state index in [2.05, 4.69) is 21.4 Å². The number of aryl methyl sites for hydroxylation is 1. The summed E-state index contributed by atoms with van der Waals surface area (Å²) in [5.74, 6) is 0. The van der Waals surface area contributed by atoms with Crippen molar-refractivity contribution in [3.63, 3.8) is 0 Å². The molecule has 4 rings (SSSR count). The van der Waals surface area contributed by atoms with Crippen molar-refractivity contribution >= 4 is 26.4 Å². The first-order chi connectivity index (χ1) is 14.0. The van der Waals surface area contributed by atoms with Crippen LogP contribution in [0.2, 0.25) is 0 Å². The number of aromatic nitrogens is 2. The van der Waals surface area contributed by atoms with Crippen LogP contribution in [0.25, 0.3) is 10.9 Å². The van der Waals surface area contributed by atoms with Gasteiger partial charge in [0.05, 0.1) is 21.0 Å². The maximum atomic E-state index is 12.9.